The first-order valence-corrected chi connectivity index (χ1v) is 10.5. The van der Waals surface area contributed by atoms with E-state index in [4.69, 9.17) is 0 Å². The molecule has 1 aliphatic carbocycles. The third-order valence-corrected chi connectivity index (χ3v) is 8.13. The molecule has 28 heavy (non-hydrogen) atoms. The molecular formula is C23H32N2O3. The number of phenolic OH excluding ortho intramolecular Hbond substituents is 1. The van der Waals surface area contributed by atoms with Gasteiger partial charge in [0.25, 0.3) is 0 Å². The maximum Gasteiger partial charge on any atom is 0.227 e. The van der Waals surface area contributed by atoms with E-state index in [0.29, 0.717) is 18.7 Å². The summed E-state index contributed by atoms with van der Waals surface area (Å²) in [5.74, 6) is 0.480. The van der Waals surface area contributed by atoms with Crippen molar-refractivity contribution in [2.75, 3.05) is 19.6 Å². The van der Waals surface area contributed by atoms with Crippen molar-refractivity contribution in [2.45, 2.75) is 64.8 Å². The minimum Gasteiger partial charge on any atom is -0.508 e. The summed E-state index contributed by atoms with van der Waals surface area (Å²) in [5, 5.41) is 10.5. The van der Waals surface area contributed by atoms with Crippen molar-refractivity contribution in [3.8, 4) is 5.75 Å². The number of rotatable bonds is 1. The van der Waals surface area contributed by atoms with Crippen LogP contribution in [0.3, 0.4) is 0 Å². The molecule has 2 bridgehead atoms. The molecule has 3 aliphatic rings. The van der Waals surface area contributed by atoms with Gasteiger partial charge in [-0.2, -0.15) is 0 Å². The molecule has 152 valence electrons. The van der Waals surface area contributed by atoms with Gasteiger partial charge in [0.1, 0.15) is 5.75 Å². The van der Waals surface area contributed by atoms with E-state index in [0.717, 1.165) is 37.9 Å². The van der Waals surface area contributed by atoms with Gasteiger partial charge in [0.15, 0.2) is 0 Å². The van der Waals surface area contributed by atoms with Gasteiger partial charge < -0.3 is 14.9 Å². The zero-order chi connectivity index (χ0) is 20.3. The zero-order valence-corrected chi connectivity index (χ0v) is 17.5. The van der Waals surface area contributed by atoms with Gasteiger partial charge in [-0.1, -0.05) is 32.9 Å². The Morgan fingerprint density at radius 2 is 1.93 bits per heavy atom. The lowest BCUT2D eigenvalue weighted by molar-refractivity contribution is -0.151. The lowest BCUT2D eigenvalue weighted by Gasteiger charge is -2.61. The molecule has 4 rings (SSSR count). The number of carbonyl (C=O) groups excluding carboxylic acids is 2. The summed E-state index contributed by atoms with van der Waals surface area (Å²) < 4.78 is 0. The number of phenols is 1. The number of hydrogen-bond donors (Lipinski definition) is 1. The Morgan fingerprint density at radius 3 is 2.64 bits per heavy atom. The Kier molecular flexibility index (Phi) is 4.48. The van der Waals surface area contributed by atoms with Crippen molar-refractivity contribution >= 4 is 11.8 Å². The van der Waals surface area contributed by atoms with Gasteiger partial charge >= 0.3 is 0 Å². The molecule has 0 saturated carbocycles. The molecule has 2 aliphatic heterocycles. The van der Waals surface area contributed by atoms with E-state index >= 15 is 0 Å². The topological polar surface area (TPSA) is 60.9 Å². The molecule has 1 aromatic carbocycles. The molecule has 5 nitrogen and oxygen atoms in total. The normalized spacial score (nSPS) is 31.3. The maximum atomic E-state index is 13.5. The number of likely N-dealkylation sites (tertiary alicyclic amines) is 2. The average Bonchev–Trinajstić information content (AvgIpc) is 2.65. The van der Waals surface area contributed by atoms with Crippen LogP contribution in [0.25, 0.3) is 0 Å². The molecule has 0 aromatic heterocycles. The summed E-state index contributed by atoms with van der Waals surface area (Å²) in [4.78, 5) is 29.2. The van der Waals surface area contributed by atoms with Gasteiger partial charge in [0.2, 0.25) is 11.8 Å². The number of carbonyl (C=O) groups is 2. The van der Waals surface area contributed by atoms with Gasteiger partial charge in [0, 0.05) is 38.0 Å². The van der Waals surface area contributed by atoms with Crippen molar-refractivity contribution in [3.63, 3.8) is 0 Å². The first-order chi connectivity index (χ1) is 13.2. The summed E-state index contributed by atoms with van der Waals surface area (Å²) in [6.45, 7) is 10.5. The molecule has 5 heteroatoms. The van der Waals surface area contributed by atoms with Crippen molar-refractivity contribution in [3.05, 3.63) is 29.3 Å². The van der Waals surface area contributed by atoms with Crippen molar-refractivity contribution < 1.29 is 14.7 Å². The zero-order valence-electron chi connectivity index (χ0n) is 17.5. The first kappa shape index (κ1) is 19.3. The van der Waals surface area contributed by atoms with E-state index < -0.39 is 0 Å². The van der Waals surface area contributed by atoms with E-state index in [2.05, 4.69) is 31.7 Å². The van der Waals surface area contributed by atoms with Crippen LogP contribution in [-0.4, -0.2) is 52.4 Å². The molecule has 1 N–H and O–H groups in total. The van der Waals surface area contributed by atoms with Crippen LogP contribution in [0, 0.1) is 11.3 Å². The fourth-order valence-corrected chi connectivity index (χ4v) is 5.89. The summed E-state index contributed by atoms with van der Waals surface area (Å²) in [7, 11) is 0. The molecule has 1 aromatic rings. The van der Waals surface area contributed by atoms with Gasteiger partial charge in [-0.3, -0.25) is 9.59 Å². The number of amides is 2. The van der Waals surface area contributed by atoms with Crippen LogP contribution in [0.5, 0.6) is 5.75 Å². The molecule has 0 spiro atoms. The number of piperidine rings is 2. The van der Waals surface area contributed by atoms with E-state index in [-0.39, 0.29) is 34.6 Å². The highest BCUT2D eigenvalue weighted by molar-refractivity contribution is 5.81. The Hall–Kier alpha value is -2.04. The van der Waals surface area contributed by atoms with E-state index in [1.54, 1.807) is 13.0 Å². The Bertz CT molecular complexity index is 818. The minimum atomic E-state index is -0.108. The van der Waals surface area contributed by atoms with Crippen LogP contribution >= 0.6 is 0 Å². The predicted molar refractivity (Wildman–Crippen MR) is 108 cm³/mol. The van der Waals surface area contributed by atoms with E-state index in [9.17, 15) is 14.7 Å². The van der Waals surface area contributed by atoms with Crippen molar-refractivity contribution in [1.29, 1.82) is 0 Å². The smallest absolute Gasteiger partial charge is 0.227 e. The fourth-order valence-electron chi connectivity index (χ4n) is 5.89. The van der Waals surface area contributed by atoms with Crippen LogP contribution in [0.1, 0.15) is 58.1 Å². The average molecular weight is 385 g/mol. The van der Waals surface area contributed by atoms with Crippen LogP contribution in [0.2, 0.25) is 0 Å². The highest BCUT2D eigenvalue weighted by Crippen LogP contribution is 2.57. The highest BCUT2D eigenvalue weighted by Gasteiger charge is 2.57. The van der Waals surface area contributed by atoms with Crippen LogP contribution in [0.15, 0.2) is 18.2 Å². The molecule has 2 fully saturated rings. The lowest BCUT2D eigenvalue weighted by Crippen LogP contribution is -2.66. The van der Waals surface area contributed by atoms with Crippen LogP contribution in [0.4, 0.5) is 0 Å². The minimum absolute atomic E-state index is 0.0561. The molecular weight excluding hydrogens is 352 g/mol. The molecule has 1 unspecified atom stereocenters. The number of aromatic hydroxyl groups is 1. The van der Waals surface area contributed by atoms with Crippen LogP contribution < -0.4 is 0 Å². The van der Waals surface area contributed by atoms with Crippen molar-refractivity contribution in [2.24, 2.45) is 11.3 Å². The van der Waals surface area contributed by atoms with Gasteiger partial charge in [-0.05, 0) is 48.3 Å². The SMILES string of the molecule is CC(=O)N1CCCC(C(=O)N2CC[C@@]3(C)c4cccc(O)c4C[C@@H]2C3(C)C)C1. The van der Waals surface area contributed by atoms with E-state index in [1.807, 2.05) is 11.0 Å². The Balaban J connectivity index is 1.66. The summed E-state index contributed by atoms with van der Waals surface area (Å²) in [6, 6.07) is 5.91. The number of hydrogen-bond acceptors (Lipinski definition) is 3. The Morgan fingerprint density at radius 1 is 1.18 bits per heavy atom. The monoisotopic (exact) mass is 384 g/mol. The molecule has 3 atom stereocenters. The third-order valence-electron chi connectivity index (χ3n) is 8.13. The van der Waals surface area contributed by atoms with E-state index in [1.165, 1.54) is 5.56 Å². The second-order valence-electron chi connectivity index (χ2n) is 9.66. The first-order valence-electron chi connectivity index (χ1n) is 10.5. The summed E-state index contributed by atoms with van der Waals surface area (Å²) >= 11 is 0. The molecule has 2 amide bonds. The van der Waals surface area contributed by atoms with Gasteiger partial charge in [-0.15, -0.1) is 0 Å². The number of nitrogens with zero attached hydrogens (tertiary/aromatic N) is 2. The molecule has 2 heterocycles. The number of fused-ring (bicyclic) bond motifs is 4. The van der Waals surface area contributed by atoms with Crippen molar-refractivity contribution in [1.82, 2.24) is 9.80 Å². The maximum absolute atomic E-state index is 13.5. The quantitative estimate of drug-likeness (QED) is 0.809. The second-order valence-corrected chi connectivity index (χ2v) is 9.66. The van der Waals surface area contributed by atoms with Crippen LogP contribution in [-0.2, 0) is 21.4 Å². The summed E-state index contributed by atoms with van der Waals surface area (Å²) in [5.41, 5.74) is 2.08. The Labute approximate surface area is 167 Å². The predicted octanol–water partition coefficient (Wildman–Crippen LogP) is 3.09. The lowest BCUT2D eigenvalue weighted by atomic mass is 9.51. The molecule has 0 radical (unpaired) electrons. The molecule has 2 saturated heterocycles. The largest absolute Gasteiger partial charge is 0.508 e. The second kappa shape index (κ2) is 6.50. The number of benzene rings is 1. The fraction of sp³-hybridized carbons (Fsp3) is 0.652. The third kappa shape index (κ3) is 2.66. The van der Waals surface area contributed by atoms with Gasteiger partial charge in [-0.25, -0.2) is 0 Å². The highest BCUT2D eigenvalue weighted by atomic mass is 16.3. The summed E-state index contributed by atoms with van der Waals surface area (Å²) in [6.07, 6.45) is 3.33. The van der Waals surface area contributed by atoms with Gasteiger partial charge in [0.05, 0.1) is 5.92 Å². The standard InChI is InChI=1S/C23H32N2O3/c1-15(26)24-11-6-7-16(14-24)21(28)25-12-10-23(4)18-8-5-9-19(27)17(18)13-20(25)22(23,2)3/h5,8-9,16,20,27H,6-7,10-14H2,1-4H3/t16?,20-,23+/m1/s1.